The zero-order chi connectivity index (χ0) is 13.0. The van der Waals surface area contributed by atoms with Crippen LogP contribution in [0.15, 0.2) is 6.20 Å². The first-order valence-electron chi connectivity index (χ1n) is 5.99. The molecule has 0 radical (unpaired) electrons. The summed E-state index contributed by atoms with van der Waals surface area (Å²) in [7, 11) is 3.00. The van der Waals surface area contributed by atoms with E-state index in [4.69, 9.17) is 14.2 Å². The molecule has 1 aliphatic rings. The van der Waals surface area contributed by atoms with Crippen LogP contribution in [0.4, 0.5) is 0 Å². The number of rotatable bonds is 5. The number of aliphatic hydroxyl groups is 1. The highest BCUT2D eigenvalue weighted by Crippen LogP contribution is 2.29. The second kappa shape index (κ2) is 5.97. The SMILES string of the molecule is COc1cnc(C(O)CC2CCCO2)c(OC)n1. The molecule has 1 saturated heterocycles. The van der Waals surface area contributed by atoms with Crippen LogP contribution in [-0.4, -0.2) is 42.0 Å². The van der Waals surface area contributed by atoms with Crippen LogP contribution in [-0.2, 0) is 4.74 Å². The molecular formula is C12H18N2O4. The van der Waals surface area contributed by atoms with E-state index in [1.54, 1.807) is 0 Å². The quantitative estimate of drug-likeness (QED) is 0.848. The third-order valence-corrected chi connectivity index (χ3v) is 2.97. The minimum Gasteiger partial charge on any atom is -0.480 e. The summed E-state index contributed by atoms with van der Waals surface area (Å²) in [6.45, 7) is 0.767. The van der Waals surface area contributed by atoms with Crippen LogP contribution in [0.25, 0.3) is 0 Å². The third kappa shape index (κ3) is 2.88. The van der Waals surface area contributed by atoms with Gasteiger partial charge in [-0.2, -0.15) is 4.98 Å². The Hall–Kier alpha value is -1.40. The molecule has 0 aromatic carbocycles. The van der Waals surface area contributed by atoms with Crippen molar-refractivity contribution in [2.24, 2.45) is 0 Å². The normalized spacial score (nSPS) is 20.7. The van der Waals surface area contributed by atoms with E-state index in [1.165, 1.54) is 20.4 Å². The summed E-state index contributed by atoms with van der Waals surface area (Å²) >= 11 is 0. The van der Waals surface area contributed by atoms with E-state index in [0.29, 0.717) is 23.9 Å². The third-order valence-electron chi connectivity index (χ3n) is 2.97. The minimum atomic E-state index is -0.735. The Bertz CT molecular complexity index is 394. The summed E-state index contributed by atoms with van der Waals surface area (Å²) in [5.41, 5.74) is 0.425. The summed E-state index contributed by atoms with van der Waals surface area (Å²) < 4.78 is 15.6. The van der Waals surface area contributed by atoms with Gasteiger partial charge in [0.05, 0.1) is 26.5 Å². The Labute approximate surface area is 106 Å². The van der Waals surface area contributed by atoms with Crippen LogP contribution in [0, 0.1) is 0 Å². The highest BCUT2D eigenvalue weighted by molar-refractivity contribution is 5.24. The molecule has 0 bridgehead atoms. The predicted molar refractivity (Wildman–Crippen MR) is 63.7 cm³/mol. The lowest BCUT2D eigenvalue weighted by molar-refractivity contribution is 0.0505. The van der Waals surface area contributed by atoms with Gasteiger partial charge in [0.1, 0.15) is 11.8 Å². The van der Waals surface area contributed by atoms with Crippen molar-refractivity contribution in [2.75, 3.05) is 20.8 Å². The lowest BCUT2D eigenvalue weighted by Gasteiger charge is -2.16. The zero-order valence-corrected chi connectivity index (χ0v) is 10.6. The van der Waals surface area contributed by atoms with E-state index in [1.807, 2.05) is 0 Å². The Kier molecular flexibility index (Phi) is 4.33. The maximum atomic E-state index is 10.2. The lowest BCUT2D eigenvalue weighted by Crippen LogP contribution is -2.13. The maximum Gasteiger partial charge on any atom is 0.241 e. The molecule has 0 aliphatic carbocycles. The maximum absolute atomic E-state index is 10.2. The van der Waals surface area contributed by atoms with E-state index in [0.717, 1.165) is 19.4 Å². The van der Waals surface area contributed by atoms with Crippen LogP contribution in [0.1, 0.15) is 31.1 Å². The molecular weight excluding hydrogens is 236 g/mol. The van der Waals surface area contributed by atoms with Crippen molar-refractivity contribution in [3.63, 3.8) is 0 Å². The van der Waals surface area contributed by atoms with Crippen LogP contribution in [0.3, 0.4) is 0 Å². The fraction of sp³-hybridized carbons (Fsp3) is 0.667. The summed E-state index contributed by atoms with van der Waals surface area (Å²) in [5.74, 6) is 0.653. The Morgan fingerprint density at radius 1 is 1.50 bits per heavy atom. The summed E-state index contributed by atoms with van der Waals surface area (Å²) in [4.78, 5) is 8.24. The molecule has 0 amide bonds. The van der Waals surface area contributed by atoms with Gasteiger partial charge in [0.15, 0.2) is 0 Å². The predicted octanol–water partition coefficient (Wildman–Crippen LogP) is 1.10. The highest BCUT2D eigenvalue weighted by atomic mass is 16.5. The summed E-state index contributed by atoms with van der Waals surface area (Å²) in [6, 6.07) is 0. The van der Waals surface area contributed by atoms with E-state index >= 15 is 0 Å². The first-order chi connectivity index (χ1) is 8.74. The van der Waals surface area contributed by atoms with Crippen molar-refractivity contribution in [2.45, 2.75) is 31.5 Å². The Morgan fingerprint density at radius 2 is 2.33 bits per heavy atom. The zero-order valence-electron chi connectivity index (χ0n) is 10.6. The highest BCUT2D eigenvalue weighted by Gasteiger charge is 2.24. The van der Waals surface area contributed by atoms with Gasteiger partial charge in [0.25, 0.3) is 0 Å². The molecule has 2 rings (SSSR count). The molecule has 2 atom stereocenters. The number of nitrogens with zero attached hydrogens (tertiary/aromatic N) is 2. The smallest absolute Gasteiger partial charge is 0.241 e. The summed E-state index contributed by atoms with van der Waals surface area (Å²) in [5, 5.41) is 10.2. The van der Waals surface area contributed by atoms with E-state index in [-0.39, 0.29) is 6.10 Å². The average molecular weight is 254 g/mol. The van der Waals surface area contributed by atoms with Gasteiger partial charge in [-0.1, -0.05) is 0 Å². The first-order valence-corrected chi connectivity index (χ1v) is 5.99. The molecule has 2 heterocycles. The van der Waals surface area contributed by atoms with Crippen molar-refractivity contribution in [1.29, 1.82) is 0 Å². The molecule has 6 heteroatoms. The molecule has 100 valence electrons. The Balaban J connectivity index is 2.10. The monoisotopic (exact) mass is 254 g/mol. The van der Waals surface area contributed by atoms with Gasteiger partial charge < -0.3 is 19.3 Å². The molecule has 0 spiro atoms. The van der Waals surface area contributed by atoms with Crippen molar-refractivity contribution in [3.8, 4) is 11.8 Å². The number of hydrogen-bond acceptors (Lipinski definition) is 6. The van der Waals surface area contributed by atoms with E-state index < -0.39 is 6.10 Å². The average Bonchev–Trinajstić information content (AvgIpc) is 2.90. The van der Waals surface area contributed by atoms with Gasteiger partial charge in [-0.3, -0.25) is 0 Å². The van der Waals surface area contributed by atoms with Crippen molar-refractivity contribution in [3.05, 3.63) is 11.9 Å². The summed E-state index contributed by atoms with van der Waals surface area (Å²) in [6.07, 6.45) is 3.36. The fourth-order valence-electron chi connectivity index (χ4n) is 2.03. The van der Waals surface area contributed by atoms with E-state index in [9.17, 15) is 5.11 Å². The topological polar surface area (TPSA) is 73.7 Å². The van der Waals surface area contributed by atoms with Crippen LogP contribution in [0.2, 0.25) is 0 Å². The van der Waals surface area contributed by atoms with Crippen molar-refractivity contribution < 1.29 is 19.3 Å². The number of aliphatic hydroxyl groups excluding tert-OH is 1. The van der Waals surface area contributed by atoms with Crippen molar-refractivity contribution >= 4 is 0 Å². The molecule has 1 aromatic heterocycles. The number of hydrogen-bond donors (Lipinski definition) is 1. The lowest BCUT2D eigenvalue weighted by atomic mass is 10.1. The Morgan fingerprint density at radius 3 is 2.94 bits per heavy atom. The molecule has 1 N–H and O–H groups in total. The molecule has 1 aliphatic heterocycles. The van der Waals surface area contributed by atoms with Gasteiger partial charge >= 0.3 is 0 Å². The molecule has 2 unspecified atom stereocenters. The molecule has 0 saturated carbocycles. The van der Waals surface area contributed by atoms with Crippen LogP contribution >= 0.6 is 0 Å². The van der Waals surface area contributed by atoms with Crippen molar-refractivity contribution in [1.82, 2.24) is 9.97 Å². The second-order valence-corrected chi connectivity index (χ2v) is 4.19. The first kappa shape index (κ1) is 13.0. The number of ether oxygens (including phenoxy) is 3. The minimum absolute atomic E-state index is 0.0913. The van der Waals surface area contributed by atoms with Gasteiger partial charge in [0, 0.05) is 13.0 Å². The van der Waals surface area contributed by atoms with Crippen LogP contribution in [0.5, 0.6) is 11.8 Å². The number of aromatic nitrogens is 2. The molecule has 18 heavy (non-hydrogen) atoms. The van der Waals surface area contributed by atoms with Gasteiger partial charge in [-0.05, 0) is 12.8 Å². The molecule has 6 nitrogen and oxygen atoms in total. The van der Waals surface area contributed by atoms with E-state index in [2.05, 4.69) is 9.97 Å². The number of methoxy groups -OCH3 is 2. The standard InChI is InChI=1S/C12H18N2O4/c1-16-10-7-13-11(12(14-10)17-2)9(15)6-8-4-3-5-18-8/h7-9,15H,3-6H2,1-2H3. The van der Waals surface area contributed by atoms with Gasteiger partial charge in [-0.25, -0.2) is 4.98 Å². The molecule has 1 aromatic rings. The largest absolute Gasteiger partial charge is 0.480 e. The fourth-order valence-corrected chi connectivity index (χ4v) is 2.03. The molecule has 1 fully saturated rings. The van der Waals surface area contributed by atoms with Gasteiger partial charge in [0.2, 0.25) is 11.8 Å². The second-order valence-electron chi connectivity index (χ2n) is 4.19. The van der Waals surface area contributed by atoms with Crippen LogP contribution < -0.4 is 9.47 Å². The van der Waals surface area contributed by atoms with Gasteiger partial charge in [-0.15, -0.1) is 0 Å².